The molecule has 0 saturated heterocycles. The SMILES string of the molecule is CCNC(c1ccc(F)c(C(F)(F)F)c1)c1ccncn1. The molecule has 0 spiro atoms. The van der Waals surface area contributed by atoms with E-state index in [1.165, 1.54) is 18.6 Å². The largest absolute Gasteiger partial charge is 0.419 e. The third-order valence-electron chi connectivity index (χ3n) is 2.94. The van der Waals surface area contributed by atoms with Crippen LogP contribution in [0.1, 0.15) is 29.8 Å². The summed E-state index contributed by atoms with van der Waals surface area (Å²) in [4.78, 5) is 7.81. The van der Waals surface area contributed by atoms with Gasteiger partial charge in [0.2, 0.25) is 0 Å². The summed E-state index contributed by atoms with van der Waals surface area (Å²) < 4.78 is 51.7. The van der Waals surface area contributed by atoms with Crippen molar-refractivity contribution in [2.24, 2.45) is 0 Å². The van der Waals surface area contributed by atoms with Crippen molar-refractivity contribution >= 4 is 0 Å². The first-order chi connectivity index (χ1) is 9.93. The number of hydrogen-bond donors (Lipinski definition) is 1. The second kappa shape index (κ2) is 6.17. The molecule has 2 aromatic rings. The molecular formula is C14H13F4N3. The Hall–Kier alpha value is -2.02. The number of alkyl halides is 3. The fourth-order valence-corrected chi connectivity index (χ4v) is 2.01. The van der Waals surface area contributed by atoms with Crippen molar-refractivity contribution < 1.29 is 17.6 Å². The quantitative estimate of drug-likeness (QED) is 0.880. The fourth-order valence-electron chi connectivity index (χ4n) is 2.01. The minimum absolute atomic E-state index is 0.296. The number of halogens is 4. The van der Waals surface area contributed by atoms with Crippen molar-refractivity contribution in [3.63, 3.8) is 0 Å². The van der Waals surface area contributed by atoms with Crippen LogP contribution in [-0.2, 0) is 6.18 Å². The summed E-state index contributed by atoms with van der Waals surface area (Å²) >= 11 is 0. The topological polar surface area (TPSA) is 37.8 Å². The Morgan fingerprint density at radius 3 is 2.57 bits per heavy atom. The van der Waals surface area contributed by atoms with Crippen LogP contribution in [0.25, 0.3) is 0 Å². The third-order valence-corrected chi connectivity index (χ3v) is 2.94. The molecule has 21 heavy (non-hydrogen) atoms. The summed E-state index contributed by atoms with van der Waals surface area (Å²) in [5, 5.41) is 3.03. The molecule has 1 aromatic heterocycles. The number of hydrogen-bond acceptors (Lipinski definition) is 3. The Balaban J connectivity index is 2.47. The van der Waals surface area contributed by atoms with E-state index in [4.69, 9.17) is 0 Å². The van der Waals surface area contributed by atoms with E-state index >= 15 is 0 Å². The predicted octanol–water partition coefficient (Wildman–Crippen LogP) is 3.33. The number of nitrogens with zero attached hydrogens (tertiary/aromatic N) is 2. The van der Waals surface area contributed by atoms with Crippen LogP contribution < -0.4 is 5.32 Å². The van der Waals surface area contributed by atoms with E-state index in [0.717, 1.165) is 12.1 Å². The van der Waals surface area contributed by atoms with Gasteiger partial charge in [-0.05, 0) is 30.3 Å². The lowest BCUT2D eigenvalue weighted by Crippen LogP contribution is -2.23. The van der Waals surface area contributed by atoms with E-state index in [-0.39, 0.29) is 0 Å². The highest BCUT2D eigenvalue weighted by Crippen LogP contribution is 2.33. The van der Waals surface area contributed by atoms with Gasteiger partial charge in [0.05, 0.1) is 17.3 Å². The van der Waals surface area contributed by atoms with E-state index in [9.17, 15) is 17.6 Å². The molecule has 0 amide bonds. The summed E-state index contributed by atoms with van der Waals surface area (Å²) in [7, 11) is 0. The Morgan fingerprint density at radius 2 is 2.00 bits per heavy atom. The minimum atomic E-state index is -4.73. The van der Waals surface area contributed by atoms with Crippen LogP contribution in [0.3, 0.4) is 0 Å². The van der Waals surface area contributed by atoms with Crippen LogP contribution >= 0.6 is 0 Å². The maximum atomic E-state index is 13.4. The van der Waals surface area contributed by atoms with E-state index in [2.05, 4.69) is 15.3 Å². The van der Waals surface area contributed by atoms with Crippen molar-refractivity contribution in [1.82, 2.24) is 15.3 Å². The molecule has 0 fully saturated rings. The molecule has 0 aliphatic rings. The highest BCUT2D eigenvalue weighted by molar-refractivity contribution is 5.33. The highest BCUT2D eigenvalue weighted by Gasteiger charge is 2.34. The zero-order valence-electron chi connectivity index (χ0n) is 11.2. The number of nitrogens with one attached hydrogen (secondary N) is 1. The Kier molecular flexibility index (Phi) is 4.52. The number of aromatic nitrogens is 2. The Morgan fingerprint density at radius 1 is 1.24 bits per heavy atom. The summed E-state index contributed by atoms with van der Waals surface area (Å²) in [5.41, 5.74) is -0.465. The lowest BCUT2D eigenvalue weighted by molar-refractivity contribution is -0.140. The zero-order valence-corrected chi connectivity index (χ0v) is 11.2. The molecule has 112 valence electrons. The lowest BCUT2D eigenvalue weighted by Gasteiger charge is -2.19. The van der Waals surface area contributed by atoms with Crippen LogP contribution in [-0.4, -0.2) is 16.5 Å². The second-order valence-electron chi connectivity index (χ2n) is 4.36. The minimum Gasteiger partial charge on any atom is -0.305 e. The monoisotopic (exact) mass is 299 g/mol. The van der Waals surface area contributed by atoms with Gasteiger partial charge in [-0.2, -0.15) is 13.2 Å². The molecule has 1 heterocycles. The number of rotatable bonds is 4. The van der Waals surface area contributed by atoms with Crippen LogP contribution in [0.15, 0.2) is 36.8 Å². The maximum Gasteiger partial charge on any atom is 0.419 e. The van der Waals surface area contributed by atoms with E-state index in [1.807, 2.05) is 6.92 Å². The van der Waals surface area contributed by atoms with Crippen molar-refractivity contribution in [3.05, 3.63) is 59.4 Å². The molecule has 0 aliphatic carbocycles. The standard InChI is InChI=1S/C14H13F4N3/c1-2-20-13(12-5-6-19-8-21-12)9-3-4-11(15)10(7-9)14(16,17)18/h3-8,13,20H,2H2,1H3. The van der Waals surface area contributed by atoms with Gasteiger partial charge >= 0.3 is 6.18 Å². The summed E-state index contributed by atoms with van der Waals surface area (Å²) in [6, 6.07) is 4.00. The molecule has 1 N–H and O–H groups in total. The fraction of sp³-hybridized carbons (Fsp3) is 0.286. The van der Waals surface area contributed by atoms with Crippen LogP contribution in [0.5, 0.6) is 0 Å². The van der Waals surface area contributed by atoms with Gasteiger partial charge in [-0.15, -0.1) is 0 Å². The van der Waals surface area contributed by atoms with Crippen molar-refractivity contribution in [1.29, 1.82) is 0 Å². The molecule has 0 saturated carbocycles. The average Bonchev–Trinajstić information content (AvgIpc) is 2.45. The molecule has 2 rings (SSSR count). The first-order valence-corrected chi connectivity index (χ1v) is 6.29. The maximum absolute atomic E-state index is 13.4. The normalized spacial score (nSPS) is 13.2. The summed E-state index contributed by atoms with van der Waals surface area (Å²) in [6.07, 6.45) is -1.92. The molecule has 1 aromatic carbocycles. The first-order valence-electron chi connectivity index (χ1n) is 6.29. The smallest absolute Gasteiger partial charge is 0.305 e. The van der Waals surface area contributed by atoms with Crippen LogP contribution in [0, 0.1) is 5.82 Å². The van der Waals surface area contributed by atoms with Gasteiger partial charge in [0.15, 0.2) is 0 Å². The van der Waals surface area contributed by atoms with Gasteiger partial charge in [0, 0.05) is 6.20 Å². The van der Waals surface area contributed by atoms with Gasteiger partial charge in [-0.3, -0.25) is 0 Å². The average molecular weight is 299 g/mol. The molecular weight excluding hydrogens is 286 g/mol. The summed E-state index contributed by atoms with van der Waals surface area (Å²) in [5.74, 6) is -1.29. The van der Waals surface area contributed by atoms with Gasteiger partial charge in [-0.25, -0.2) is 14.4 Å². The molecule has 1 atom stereocenters. The van der Waals surface area contributed by atoms with E-state index < -0.39 is 23.6 Å². The van der Waals surface area contributed by atoms with Gasteiger partial charge in [0.25, 0.3) is 0 Å². The van der Waals surface area contributed by atoms with E-state index in [0.29, 0.717) is 17.8 Å². The van der Waals surface area contributed by atoms with Gasteiger partial charge in [-0.1, -0.05) is 13.0 Å². The van der Waals surface area contributed by atoms with Gasteiger partial charge in [0.1, 0.15) is 12.1 Å². The molecule has 3 nitrogen and oxygen atoms in total. The summed E-state index contributed by atoms with van der Waals surface area (Å²) in [6.45, 7) is 2.34. The van der Waals surface area contributed by atoms with Crippen molar-refractivity contribution in [2.75, 3.05) is 6.54 Å². The van der Waals surface area contributed by atoms with Crippen molar-refractivity contribution in [3.8, 4) is 0 Å². The molecule has 1 unspecified atom stereocenters. The van der Waals surface area contributed by atoms with E-state index in [1.54, 1.807) is 6.07 Å². The predicted molar refractivity (Wildman–Crippen MR) is 69.0 cm³/mol. The molecule has 0 bridgehead atoms. The van der Waals surface area contributed by atoms with Crippen LogP contribution in [0.2, 0.25) is 0 Å². The lowest BCUT2D eigenvalue weighted by atomic mass is 10.0. The van der Waals surface area contributed by atoms with Crippen LogP contribution in [0.4, 0.5) is 17.6 Å². The third kappa shape index (κ3) is 3.55. The molecule has 7 heteroatoms. The number of benzene rings is 1. The van der Waals surface area contributed by atoms with Gasteiger partial charge < -0.3 is 5.32 Å². The Bertz CT molecular complexity index is 599. The first kappa shape index (κ1) is 15.4. The molecule has 0 radical (unpaired) electrons. The molecule has 0 aliphatic heterocycles. The zero-order chi connectivity index (χ0) is 15.5. The van der Waals surface area contributed by atoms with Crippen molar-refractivity contribution in [2.45, 2.75) is 19.1 Å². The second-order valence-corrected chi connectivity index (χ2v) is 4.36. The Labute approximate surface area is 119 Å². The highest BCUT2D eigenvalue weighted by atomic mass is 19.4.